The molecule has 0 amide bonds. The molecule has 1 aromatic rings. The number of nitrogens with zero attached hydrogens (tertiary/aromatic N) is 1. The number of hydrogen-bond acceptors (Lipinski definition) is 2. The lowest BCUT2D eigenvalue weighted by molar-refractivity contribution is 0.969. The molecule has 0 bridgehead atoms. The second-order valence-electron chi connectivity index (χ2n) is 1.97. The summed E-state index contributed by atoms with van der Waals surface area (Å²) in [6, 6.07) is 0. The highest BCUT2D eigenvalue weighted by Gasteiger charge is 2.25. The van der Waals surface area contributed by atoms with E-state index in [1.165, 1.54) is 4.88 Å². The lowest BCUT2D eigenvalue weighted by Crippen LogP contribution is -2.09. The summed E-state index contributed by atoms with van der Waals surface area (Å²) in [6.07, 6.45) is 0.966. The molecule has 0 aliphatic heterocycles. The minimum Gasteiger partial charge on any atom is -0.268 e. The maximum atomic E-state index is 10.8. The predicted molar refractivity (Wildman–Crippen MR) is 32.4 cm³/mol. The first-order valence-electron chi connectivity index (χ1n) is 2.47. The van der Waals surface area contributed by atoms with Crippen LogP contribution in [0.2, 0.25) is 0 Å². The Balaban J connectivity index is 2.89. The Morgan fingerprint density at radius 3 is 2.75 bits per heavy atom. The van der Waals surface area contributed by atoms with Gasteiger partial charge in [-0.2, -0.15) is 0 Å². The molecule has 0 radical (unpaired) electrons. The molecule has 1 aliphatic carbocycles. The largest absolute Gasteiger partial charge is 0.268 e. The van der Waals surface area contributed by atoms with Gasteiger partial charge in [-0.1, -0.05) is 11.5 Å². The highest BCUT2D eigenvalue weighted by Crippen LogP contribution is 2.27. The van der Waals surface area contributed by atoms with E-state index in [2.05, 4.69) is 0 Å². The Hall–Kier alpha value is -0.570. The molecule has 8 heavy (non-hydrogen) atoms. The van der Waals surface area contributed by atoms with E-state index in [1.54, 1.807) is 22.5 Å². The van der Waals surface area contributed by atoms with Gasteiger partial charge in [0.05, 0.1) is 0 Å². The molecule has 0 aromatic carbocycles. The Morgan fingerprint density at radius 2 is 2.50 bits per heavy atom. The van der Waals surface area contributed by atoms with Crippen LogP contribution in [0.5, 0.6) is 0 Å². The van der Waals surface area contributed by atoms with Crippen LogP contribution in [0.3, 0.4) is 0 Å². The summed E-state index contributed by atoms with van der Waals surface area (Å²) in [6.45, 7) is 0. The van der Waals surface area contributed by atoms with E-state index < -0.39 is 0 Å². The molecule has 0 unspecified atom stereocenters. The predicted octanol–water partition coefficient (Wildman–Crippen LogP) is 0.351. The Bertz CT molecular complexity index is 276. The fourth-order valence-corrected chi connectivity index (χ4v) is 1.73. The van der Waals surface area contributed by atoms with Crippen molar-refractivity contribution in [2.75, 3.05) is 0 Å². The van der Waals surface area contributed by atoms with Gasteiger partial charge in [0.2, 0.25) is 0 Å². The van der Waals surface area contributed by atoms with Crippen molar-refractivity contribution in [2.45, 2.75) is 6.42 Å². The lowest BCUT2D eigenvalue weighted by atomic mass is 10.6. The molecule has 1 heterocycles. The molecule has 2 rings (SSSR count). The minimum absolute atomic E-state index is 0.213. The molecule has 0 fully saturated rings. The zero-order chi connectivity index (χ0) is 5.72. The van der Waals surface area contributed by atoms with Gasteiger partial charge in [-0.3, -0.25) is 8.75 Å². The van der Waals surface area contributed by atoms with Gasteiger partial charge in [-0.15, -0.1) is 0 Å². The van der Waals surface area contributed by atoms with Crippen LogP contribution >= 0.6 is 11.5 Å². The highest BCUT2D eigenvalue weighted by atomic mass is 32.1. The van der Waals surface area contributed by atoms with Gasteiger partial charge in [-0.25, -0.2) is 0 Å². The van der Waals surface area contributed by atoms with E-state index in [-0.39, 0.29) is 5.56 Å². The first-order chi connectivity index (χ1) is 3.79. The number of rotatable bonds is 0. The SMILES string of the molecule is Cn1sc2c(c1=O)C2. The van der Waals surface area contributed by atoms with Crippen molar-refractivity contribution < 1.29 is 0 Å². The number of aromatic nitrogens is 1. The molecule has 1 aliphatic rings. The number of fused-ring (bicyclic) bond motifs is 1. The Morgan fingerprint density at radius 1 is 1.75 bits per heavy atom. The van der Waals surface area contributed by atoms with E-state index in [1.807, 2.05) is 0 Å². The summed E-state index contributed by atoms with van der Waals surface area (Å²) in [7, 11) is 1.80. The molecule has 42 valence electrons. The van der Waals surface area contributed by atoms with Crippen molar-refractivity contribution >= 4 is 11.5 Å². The molecule has 0 atom stereocenters. The molecular formula is C5H5NOS. The monoisotopic (exact) mass is 127 g/mol. The van der Waals surface area contributed by atoms with Gasteiger partial charge in [0, 0.05) is 23.9 Å². The third-order valence-corrected chi connectivity index (χ3v) is 2.39. The van der Waals surface area contributed by atoms with Crippen molar-refractivity contribution in [2.24, 2.45) is 7.05 Å². The summed E-state index contributed by atoms with van der Waals surface area (Å²) in [5.41, 5.74) is 1.25. The molecule has 0 saturated carbocycles. The van der Waals surface area contributed by atoms with Gasteiger partial charge in [0.15, 0.2) is 0 Å². The summed E-state index contributed by atoms with van der Waals surface area (Å²) < 4.78 is 1.67. The average molecular weight is 127 g/mol. The van der Waals surface area contributed by atoms with Crippen LogP contribution in [0.4, 0.5) is 0 Å². The number of hydrogen-bond donors (Lipinski definition) is 0. The normalized spacial score (nSPS) is 13.6. The van der Waals surface area contributed by atoms with E-state index in [4.69, 9.17) is 0 Å². The topological polar surface area (TPSA) is 22.0 Å². The van der Waals surface area contributed by atoms with Crippen LogP contribution in [0.15, 0.2) is 4.79 Å². The van der Waals surface area contributed by atoms with Crippen molar-refractivity contribution in [3.63, 3.8) is 0 Å². The van der Waals surface area contributed by atoms with Gasteiger partial charge >= 0.3 is 0 Å². The summed E-state index contributed by atoms with van der Waals surface area (Å²) >= 11 is 1.57. The maximum absolute atomic E-state index is 10.8. The average Bonchev–Trinajstić information content (AvgIpc) is 2.39. The van der Waals surface area contributed by atoms with Crippen molar-refractivity contribution in [1.29, 1.82) is 0 Å². The van der Waals surface area contributed by atoms with Gasteiger partial charge in [-0.05, 0) is 0 Å². The van der Waals surface area contributed by atoms with Crippen LogP contribution in [0.25, 0.3) is 0 Å². The zero-order valence-electron chi connectivity index (χ0n) is 4.47. The summed E-state index contributed by atoms with van der Waals surface area (Å²) in [5, 5.41) is 0. The molecule has 0 spiro atoms. The second kappa shape index (κ2) is 1.05. The van der Waals surface area contributed by atoms with Gasteiger partial charge < -0.3 is 0 Å². The standard InChI is InChI=1S/C5H5NOS/c1-6-5(7)3-2-4(3)8-6/h2H2,1H3. The van der Waals surface area contributed by atoms with Crippen LogP contribution in [0, 0.1) is 0 Å². The third-order valence-electron chi connectivity index (χ3n) is 1.34. The number of aryl methyl sites for hydroxylation is 1. The fraction of sp³-hybridized carbons (Fsp3) is 0.400. The first-order valence-corrected chi connectivity index (χ1v) is 3.24. The van der Waals surface area contributed by atoms with E-state index in [9.17, 15) is 4.79 Å². The summed E-state index contributed by atoms with van der Waals surface area (Å²) in [4.78, 5) is 12.1. The van der Waals surface area contributed by atoms with Gasteiger partial charge in [0.1, 0.15) is 0 Å². The first kappa shape index (κ1) is 4.32. The quantitative estimate of drug-likeness (QED) is 0.500. The van der Waals surface area contributed by atoms with Crippen LogP contribution < -0.4 is 5.56 Å². The van der Waals surface area contributed by atoms with Crippen molar-refractivity contribution in [3.05, 3.63) is 20.8 Å². The molecule has 0 saturated heterocycles. The van der Waals surface area contributed by atoms with Crippen LogP contribution in [-0.4, -0.2) is 3.96 Å². The van der Waals surface area contributed by atoms with Crippen LogP contribution in [0.1, 0.15) is 10.4 Å². The third kappa shape index (κ3) is 0.351. The van der Waals surface area contributed by atoms with E-state index in [0.29, 0.717) is 0 Å². The molecule has 1 aromatic heterocycles. The Kier molecular flexibility index (Phi) is 0.568. The minimum atomic E-state index is 0.213. The Labute approximate surface area is 50.5 Å². The lowest BCUT2D eigenvalue weighted by Gasteiger charge is -1.81. The van der Waals surface area contributed by atoms with Crippen molar-refractivity contribution in [1.82, 2.24) is 3.96 Å². The molecular weight excluding hydrogens is 122 g/mol. The van der Waals surface area contributed by atoms with E-state index in [0.717, 1.165) is 12.0 Å². The molecule has 3 heteroatoms. The maximum Gasteiger partial charge on any atom is 0.264 e. The fourth-order valence-electron chi connectivity index (χ4n) is 0.795. The van der Waals surface area contributed by atoms with Gasteiger partial charge in [0.25, 0.3) is 5.56 Å². The summed E-state index contributed by atoms with van der Waals surface area (Å²) in [5.74, 6) is 0. The zero-order valence-corrected chi connectivity index (χ0v) is 5.29. The smallest absolute Gasteiger partial charge is 0.264 e. The molecule has 2 nitrogen and oxygen atoms in total. The molecule has 0 N–H and O–H groups in total. The van der Waals surface area contributed by atoms with Crippen LogP contribution in [-0.2, 0) is 13.5 Å². The van der Waals surface area contributed by atoms with Crippen molar-refractivity contribution in [3.8, 4) is 0 Å². The van der Waals surface area contributed by atoms with E-state index >= 15 is 0 Å². The second-order valence-corrected chi connectivity index (χ2v) is 3.20. The highest BCUT2D eigenvalue weighted by molar-refractivity contribution is 7.07.